The van der Waals surface area contributed by atoms with Gasteiger partial charge in [-0.05, 0) is 18.4 Å². The van der Waals surface area contributed by atoms with Crippen LogP contribution in [-0.2, 0) is 14.3 Å². The second kappa shape index (κ2) is 7.82. The Bertz CT molecular complexity index is 456. The molecule has 1 aliphatic rings. The van der Waals surface area contributed by atoms with Gasteiger partial charge in [0.25, 0.3) is 5.91 Å². The van der Waals surface area contributed by atoms with Crippen LogP contribution in [0.5, 0.6) is 0 Å². The predicted molar refractivity (Wildman–Crippen MR) is 77.3 cm³/mol. The summed E-state index contributed by atoms with van der Waals surface area (Å²) in [6.07, 6.45) is 3.39. The van der Waals surface area contributed by atoms with Crippen molar-refractivity contribution < 1.29 is 14.3 Å². The van der Waals surface area contributed by atoms with Gasteiger partial charge >= 0.3 is 0 Å². The van der Waals surface area contributed by atoms with E-state index in [0.717, 1.165) is 25.0 Å². The zero-order valence-electron chi connectivity index (χ0n) is 11.8. The maximum atomic E-state index is 12.1. The molecule has 4 nitrogen and oxygen atoms in total. The minimum atomic E-state index is -0.542. The van der Waals surface area contributed by atoms with Crippen molar-refractivity contribution in [2.24, 2.45) is 0 Å². The summed E-state index contributed by atoms with van der Waals surface area (Å²) < 4.78 is 10.6. The number of hydrogen-bond acceptors (Lipinski definition) is 3. The molecule has 20 heavy (non-hydrogen) atoms. The Kier molecular flexibility index (Phi) is 5.77. The van der Waals surface area contributed by atoms with Gasteiger partial charge in [0.1, 0.15) is 0 Å². The van der Waals surface area contributed by atoms with Crippen LogP contribution in [0.4, 0.5) is 0 Å². The molecule has 0 saturated heterocycles. The van der Waals surface area contributed by atoms with Gasteiger partial charge in [-0.25, -0.2) is 0 Å². The molecule has 1 amide bonds. The van der Waals surface area contributed by atoms with E-state index in [2.05, 4.69) is 11.4 Å². The van der Waals surface area contributed by atoms with E-state index in [1.54, 1.807) is 7.11 Å². The van der Waals surface area contributed by atoms with Gasteiger partial charge < -0.3 is 14.8 Å². The summed E-state index contributed by atoms with van der Waals surface area (Å²) in [4.78, 5) is 12.1. The molecule has 0 aromatic heterocycles. The van der Waals surface area contributed by atoms with Crippen LogP contribution >= 0.6 is 0 Å². The molecule has 0 unspecified atom stereocenters. The SMILES string of the molecule is CO[C@@H](C(=O)NCCC1=CCOCC1)c1ccccc1. The zero-order chi connectivity index (χ0) is 14.2. The number of nitrogens with one attached hydrogen (secondary N) is 1. The molecule has 1 heterocycles. The topological polar surface area (TPSA) is 47.6 Å². The molecular weight excluding hydrogens is 254 g/mol. The Balaban J connectivity index is 1.82. The molecule has 2 rings (SSSR count). The van der Waals surface area contributed by atoms with Gasteiger partial charge in [-0.3, -0.25) is 4.79 Å². The molecular formula is C16H21NO3. The number of carbonyl (C=O) groups excluding carboxylic acids is 1. The Morgan fingerprint density at radius 2 is 2.20 bits per heavy atom. The largest absolute Gasteiger partial charge is 0.377 e. The number of amides is 1. The summed E-state index contributed by atoms with van der Waals surface area (Å²) in [7, 11) is 1.55. The lowest BCUT2D eigenvalue weighted by Crippen LogP contribution is -2.31. The predicted octanol–water partition coefficient (Wildman–Crippen LogP) is 2.23. The standard InChI is InChI=1S/C16H21NO3/c1-19-15(14-5-3-2-4-6-14)16(18)17-10-7-13-8-11-20-12-9-13/h2-6,8,15H,7,9-12H2,1H3,(H,17,18)/t15-/m1/s1. The first kappa shape index (κ1) is 14.8. The van der Waals surface area contributed by atoms with Crippen LogP contribution in [0.25, 0.3) is 0 Å². The summed E-state index contributed by atoms with van der Waals surface area (Å²) in [6.45, 7) is 2.11. The van der Waals surface area contributed by atoms with Crippen molar-refractivity contribution >= 4 is 5.91 Å². The van der Waals surface area contributed by atoms with Crippen LogP contribution in [0, 0.1) is 0 Å². The first-order chi connectivity index (χ1) is 9.81. The van der Waals surface area contributed by atoms with Gasteiger partial charge in [0.05, 0.1) is 13.2 Å². The average Bonchev–Trinajstić information content (AvgIpc) is 2.50. The monoisotopic (exact) mass is 275 g/mol. The van der Waals surface area contributed by atoms with E-state index >= 15 is 0 Å². The van der Waals surface area contributed by atoms with E-state index in [4.69, 9.17) is 9.47 Å². The van der Waals surface area contributed by atoms with Crippen molar-refractivity contribution in [3.63, 3.8) is 0 Å². The van der Waals surface area contributed by atoms with Gasteiger partial charge in [-0.2, -0.15) is 0 Å². The molecule has 1 aromatic rings. The summed E-state index contributed by atoms with van der Waals surface area (Å²) in [6, 6.07) is 9.53. The number of methoxy groups -OCH3 is 1. The highest BCUT2D eigenvalue weighted by Crippen LogP contribution is 2.16. The lowest BCUT2D eigenvalue weighted by Gasteiger charge is -2.17. The minimum absolute atomic E-state index is 0.0913. The number of carbonyl (C=O) groups is 1. The molecule has 108 valence electrons. The third-order valence-electron chi connectivity index (χ3n) is 3.38. The van der Waals surface area contributed by atoms with E-state index in [1.165, 1.54) is 5.57 Å². The van der Waals surface area contributed by atoms with E-state index in [-0.39, 0.29) is 5.91 Å². The number of ether oxygens (including phenoxy) is 2. The fourth-order valence-electron chi connectivity index (χ4n) is 2.25. The van der Waals surface area contributed by atoms with Crippen molar-refractivity contribution in [2.45, 2.75) is 18.9 Å². The molecule has 0 radical (unpaired) electrons. The second-order valence-electron chi connectivity index (χ2n) is 4.75. The van der Waals surface area contributed by atoms with Crippen LogP contribution in [0.3, 0.4) is 0 Å². The third kappa shape index (κ3) is 4.18. The first-order valence-corrected chi connectivity index (χ1v) is 6.92. The van der Waals surface area contributed by atoms with Crippen LogP contribution in [0.1, 0.15) is 24.5 Å². The smallest absolute Gasteiger partial charge is 0.253 e. The molecule has 1 atom stereocenters. The van der Waals surface area contributed by atoms with Crippen molar-refractivity contribution in [2.75, 3.05) is 26.9 Å². The van der Waals surface area contributed by atoms with E-state index < -0.39 is 6.10 Å². The Hall–Kier alpha value is -1.65. The number of benzene rings is 1. The van der Waals surface area contributed by atoms with Crippen molar-refractivity contribution in [3.8, 4) is 0 Å². The highest BCUT2D eigenvalue weighted by molar-refractivity contribution is 5.82. The summed E-state index contributed by atoms with van der Waals surface area (Å²) >= 11 is 0. The molecule has 0 fully saturated rings. The molecule has 0 spiro atoms. The average molecular weight is 275 g/mol. The normalized spacial score (nSPS) is 16.4. The van der Waals surface area contributed by atoms with Gasteiger partial charge in [0.2, 0.25) is 0 Å². The first-order valence-electron chi connectivity index (χ1n) is 6.92. The Morgan fingerprint density at radius 3 is 2.85 bits per heavy atom. The van der Waals surface area contributed by atoms with Gasteiger partial charge in [0, 0.05) is 13.7 Å². The molecule has 0 aliphatic carbocycles. The summed E-state index contributed by atoms with van der Waals surface area (Å²) in [5, 5.41) is 2.93. The second-order valence-corrected chi connectivity index (χ2v) is 4.75. The number of hydrogen-bond donors (Lipinski definition) is 1. The zero-order valence-corrected chi connectivity index (χ0v) is 11.8. The summed E-state index contributed by atoms with van der Waals surface area (Å²) in [5.41, 5.74) is 2.23. The number of rotatable bonds is 6. The fourth-order valence-corrected chi connectivity index (χ4v) is 2.25. The molecule has 4 heteroatoms. The molecule has 1 N–H and O–H groups in total. The van der Waals surface area contributed by atoms with Gasteiger partial charge in [-0.15, -0.1) is 0 Å². The van der Waals surface area contributed by atoms with Crippen LogP contribution < -0.4 is 5.32 Å². The minimum Gasteiger partial charge on any atom is -0.377 e. The van der Waals surface area contributed by atoms with Crippen LogP contribution in [0.2, 0.25) is 0 Å². The molecule has 1 aliphatic heterocycles. The van der Waals surface area contributed by atoms with Gasteiger partial charge in [0.15, 0.2) is 6.10 Å². The quantitative estimate of drug-likeness (QED) is 0.810. The van der Waals surface area contributed by atoms with E-state index in [0.29, 0.717) is 13.2 Å². The van der Waals surface area contributed by atoms with E-state index in [9.17, 15) is 4.79 Å². The van der Waals surface area contributed by atoms with Crippen molar-refractivity contribution in [3.05, 3.63) is 47.5 Å². The summed E-state index contributed by atoms with van der Waals surface area (Å²) in [5.74, 6) is -0.0913. The van der Waals surface area contributed by atoms with Crippen molar-refractivity contribution in [1.29, 1.82) is 0 Å². The lowest BCUT2D eigenvalue weighted by atomic mass is 10.1. The Morgan fingerprint density at radius 1 is 1.40 bits per heavy atom. The van der Waals surface area contributed by atoms with Crippen molar-refractivity contribution in [1.82, 2.24) is 5.32 Å². The Labute approximate surface area is 119 Å². The van der Waals surface area contributed by atoms with E-state index in [1.807, 2.05) is 30.3 Å². The van der Waals surface area contributed by atoms with Crippen LogP contribution in [0.15, 0.2) is 42.0 Å². The molecule has 0 bridgehead atoms. The fraction of sp³-hybridized carbons (Fsp3) is 0.438. The highest BCUT2D eigenvalue weighted by Gasteiger charge is 2.19. The molecule has 1 aromatic carbocycles. The highest BCUT2D eigenvalue weighted by atomic mass is 16.5. The third-order valence-corrected chi connectivity index (χ3v) is 3.38. The molecule has 0 saturated carbocycles. The maximum Gasteiger partial charge on any atom is 0.253 e. The lowest BCUT2D eigenvalue weighted by molar-refractivity contribution is -0.131. The maximum absolute atomic E-state index is 12.1. The van der Waals surface area contributed by atoms with Crippen LogP contribution in [-0.4, -0.2) is 32.8 Å². The van der Waals surface area contributed by atoms with Gasteiger partial charge in [-0.1, -0.05) is 42.0 Å².